The van der Waals surface area contributed by atoms with Crippen LogP contribution in [0.1, 0.15) is 26.2 Å². The largest absolute Gasteiger partial charge is 0.340 e. The minimum absolute atomic E-state index is 0.0148. The van der Waals surface area contributed by atoms with E-state index in [-0.39, 0.29) is 11.9 Å². The van der Waals surface area contributed by atoms with Crippen LogP contribution in [0, 0.1) is 0 Å². The van der Waals surface area contributed by atoms with Crippen molar-refractivity contribution in [3.05, 3.63) is 0 Å². The van der Waals surface area contributed by atoms with E-state index in [1.54, 1.807) is 6.26 Å². The molecule has 94 valence electrons. The lowest BCUT2D eigenvalue weighted by Gasteiger charge is -2.32. The zero-order valence-electron chi connectivity index (χ0n) is 10.2. The van der Waals surface area contributed by atoms with Gasteiger partial charge < -0.3 is 10.2 Å². The van der Waals surface area contributed by atoms with Crippen LogP contribution in [0.25, 0.3) is 0 Å². The van der Waals surface area contributed by atoms with Crippen LogP contribution in [-0.2, 0) is 15.6 Å². The summed E-state index contributed by atoms with van der Waals surface area (Å²) in [5.74, 6) is 0.775. The highest BCUT2D eigenvalue weighted by molar-refractivity contribution is 7.84. The van der Waals surface area contributed by atoms with Crippen molar-refractivity contribution in [2.45, 2.75) is 32.2 Å². The minimum atomic E-state index is -0.813. The third-order valence-corrected chi connectivity index (χ3v) is 3.58. The lowest BCUT2D eigenvalue weighted by Crippen LogP contribution is -2.51. The third-order valence-electron chi connectivity index (χ3n) is 2.82. The van der Waals surface area contributed by atoms with Crippen LogP contribution < -0.4 is 5.32 Å². The van der Waals surface area contributed by atoms with Crippen LogP contribution >= 0.6 is 0 Å². The summed E-state index contributed by atoms with van der Waals surface area (Å²) in [4.78, 5) is 13.9. The standard InChI is InChI=1S/C11H22N2O2S/c1-3-6-12-10-5-4-7-13(11(10)14)8-9-16(2)15/h10,12H,3-9H2,1-2H3. The molecule has 0 spiro atoms. The highest BCUT2D eigenvalue weighted by Crippen LogP contribution is 2.11. The summed E-state index contributed by atoms with van der Waals surface area (Å²) in [5.41, 5.74) is 0. The molecule has 0 saturated carbocycles. The van der Waals surface area contributed by atoms with Gasteiger partial charge in [0, 0.05) is 35.9 Å². The first-order valence-corrected chi connectivity index (χ1v) is 7.70. The van der Waals surface area contributed by atoms with E-state index >= 15 is 0 Å². The summed E-state index contributed by atoms with van der Waals surface area (Å²) in [6, 6.07) is -0.0148. The van der Waals surface area contributed by atoms with Gasteiger partial charge in [-0.3, -0.25) is 9.00 Å². The molecule has 1 aliphatic heterocycles. The van der Waals surface area contributed by atoms with Crippen LogP contribution in [0.5, 0.6) is 0 Å². The van der Waals surface area contributed by atoms with E-state index in [0.717, 1.165) is 32.4 Å². The van der Waals surface area contributed by atoms with Crippen molar-refractivity contribution in [2.24, 2.45) is 0 Å². The Hall–Kier alpha value is -0.420. The number of nitrogens with one attached hydrogen (secondary N) is 1. The number of hydrogen-bond donors (Lipinski definition) is 1. The molecular weight excluding hydrogens is 224 g/mol. The molecule has 16 heavy (non-hydrogen) atoms. The Balaban J connectivity index is 2.40. The van der Waals surface area contributed by atoms with Crippen molar-refractivity contribution in [3.63, 3.8) is 0 Å². The van der Waals surface area contributed by atoms with Gasteiger partial charge in [-0.25, -0.2) is 0 Å². The van der Waals surface area contributed by atoms with E-state index in [9.17, 15) is 9.00 Å². The van der Waals surface area contributed by atoms with E-state index in [2.05, 4.69) is 12.2 Å². The van der Waals surface area contributed by atoms with E-state index in [1.807, 2.05) is 4.90 Å². The molecule has 1 fully saturated rings. The molecule has 2 atom stereocenters. The number of likely N-dealkylation sites (tertiary alicyclic amines) is 1. The number of hydrogen-bond acceptors (Lipinski definition) is 3. The molecule has 1 N–H and O–H groups in total. The molecule has 4 nitrogen and oxygen atoms in total. The van der Waals surface area contributed by atoms with Gasteiger partial charge in [-0.05, 0) is 25.8 Å². The molecule has 0 aromatic carbocycles. The first-order chi connectivity index (χ1) is 7.65. The Morgan fingerprint density at radius 3 is 2.94 bits per heavy atom. The van der Waals surface area contributed by atoms with Gasteiger partial charge in [-0.15, -0.1) is 0 Å². The maximum absolute atomic E-state index is 12.0. The van der Waals surface area contributed by atoms with Crippen LogP contribution in [0.4, 0.5) is 0 Å². The van der Waals surface area contributed by atoms with E-state index in [1.165, 1.54) is 0 Å². The molecule has 1 aliphatic rings. The fourth-order valence-electron chi connectivity index (χ4n) is 1.91. The molecule has 5 heteroatoms. The SMILES string of the molecule is CCCNC1CCCN(CCS(C)=O)C1=O. The van der Waals surface area contributed by atoms with E-state index in [4.69, 9.17) is 0 Å². The molecule has 1 heterocycles. The first-order valence-electron chi connectivity index (χ1n) is 5.97. The summed E-state index contributed by atoms with van der Waals surface area (Å²) >= 11 is 0. The van der Waals surface area contributed by atoms with Gasteiger partial charge >= 0.3 is 0 Å². The van der Waals surface area contributed by atoms with Gasteiger partial charge in [0.2, 0.25) is 5.91 Å². The zero-order valence-corrected chi connectivity index (χ0v) is 11.0. The maximum atomic E-state index is 12.0. The van der Waals surface area contributed by atoms with Crippen LogP contribution in [0.15, 0.2) is 0 Å². The Bertz CT molecular complexity index is 258. The highest BCUT2D eigenvalue weighted by Gasteiger charge is 2.27. The summed E-state index contributed by atoms with van der Waals surface area (Å²) in [5, 5.41) is 3.27. The van der Waals surface area contributed by atoms with Crippen molar-refractivity contribution in [3.8, 4) is 0 Å². The maximum Gasteiger partial charge on any atom is 0.239 e. The fourth-order valence-corrected chi connectivity index (χ4v) is 2.39. The smallest absolute Gasteiger partial charge is 0.239 e. The average Bonchev–Trinajstić information content (AvgIpc) is 2.26. The van der Waals surface area contributed by atoms with Gasteiger partial charge in [0.25, 0.3) is 0 Å². The Morgan fingerprint density at radius 2 is 2.31 bits per heavy atom. The van der Waals surface area contributed by atoms with Crippen molar-refractivity contribution < 1.29 is 9.00 Å². The molecule has 1 rings (SSSR count). The number of amides is 1. The Morgan fingerprint density at radius 1 is 1.56 bits per heavy atom. The van der Waals surface area contributed by atoms with Gasteiger partial charge in [-0.2, -0.15) is 0 Å². The number of carbonyl (C=O) groups excluding carboxylic acids is 1. The van der Waals surface area contributed by atoms with Gasteiger partial charge in [0.1, 0.15) is 0 Å². The van der Waals surface area contributed by atoms with Crippen molar-refractivity contribution in [1.82, 2.24) is 10.2 Å². The summed E-state index contributed by atoms with van der Waals surface area (Å²) in [7, 11) is -0.813. The third kappa shape index (κ3) is 4.22. The van der Waals surface area contributed by atoms with Crippen molar-refractivity contribution in [2.75, 3.05) is 31.6 Å². The second-order valence-corrected chi connectivity index (χ2v) is 5.81. The average molecular weight is 246 g/mol. The summed E-state index contributed by atoms with van der Waals surface area (Å²) < 4.78 is 11.0. The minimum Gasteiger partial charge on any atom is -0.340 e. The topological polar surface area (TPSA) is 49.4 Å². The first kappa shape index (κ1) is 13.6. The van der Waals surface area contributed by atoms with Crippen LogP contribution in [0.3, 0.4) is 0 Å². The Kier molecular flexibility index (Phi) is 5.98. The number of rotatable bonds is 6. The predicted molar refractivity (Wildman–Crippen MR) is 66.8 cm³/mol. The molecule has 1 saturated heterocycles. The van der Waals surface area contributed by atoms with E-state index < -0.39 is 10.8 Å². The summed E-state index contributed by atoms with van der Waals surface area (Å²) in [6.07, 6.45) is 4.71. The molecule has 0 aromatic heterocycles. The van der Waals surface area contributed by atoms with Gasteiger partial charge in [0.05, 0.1) is 6.04 Å². The summed E-state index contributed by atoms with van der Waals surface area (Å²) in [6.45, 7) is 4.44. The fraction of sp³-hybridized carbons (Fsp3) is 0.909. The second-order valence-electron chi connectivity index (χ2n) is 4.25. The van der Waals surface area contributed by atoms with Crippen LogP contribution in [-0.4, -0.2) is 52.7 Å². The molecule has 0 bridgehead atoms. The molecule has 2 unspecified atom stereocenters. The second kappa shape index (κ2) is 7.01. The Labute approximate surface area is 100 Å². The zero-order chi connectivity index (χ0) is 12.0. The number of piperidine rings is 1. The number of carbonyl (C=O) groups is 1. The highest BCUT2D eigenvalue weighted by atomic mass is 32.2. The lowest BCUT2D eigenvalue weighted by atomic mass is 10.0. The van der Waals surface area contributed by atoms with Crippen LogP contribution in [0.2, 0.25) is 0 Å². The van der Waals surface area contributed by atoms with Crippen molar-refractivity contribution in [1.29, 1.82) is 0 Å². The van der Waals surface area contributed by atoms with Gasteiger partial charge in [0.15, 0.2) is 0 Å². The normalized spacial score (nSPS) is 23.5. The molecule has 0 aliphatic carbocycles. The molecule has 0 radical (unpaired) electrons. The molecule has 1 amide bonds. The monoisotopic (exact) mass is 246 g/mol. The number of nitrogens with zero attached hydrogens (tertiary/aromatic N) is 1. The predicted octanol–water partition coefficient (Wildman–Crippen LogP) is 0.355. The molecule has 0 aromatic rings. The van der Waals surface area contributed by atoms with Gasteiger partial charge in [-0.1, -0.05) is 6.92 Å². The molecular formula is C11H22N2O2S. The van der Waals surface area contributed by atoms with E-state index in [0.29, 0.717) is 12.3 Å². The quantitative estimate of drug-likeness (QED) is 0.736. The van der Waals surface area contributed by atoms with Crippen molar-refractivity contribution >= 4 is 16.7 Å². The lowest BCUT2D eigenvalue weighted by molar-refractivity contribution is -0.135.